The molecule has 0 atom stereocenters. The first-order valence-electron chi connectivity index (χ1n) is 5.93. The van der Waals surface area contributed by atoms with Crippen LogP contribution in [0.4, 0.5) is 4.39 Å². The zero-order valence-corrected chi connectivity index (χ0v) is 10.8. The molecular formula is C15H21F. The first-order valence-corrected chi connectivity index (χ1v) is 5.93. The third kappa shape index (κ3) is 3.34. The lowest BCUT2D eigenvalue weighted by molar-refractivity contribution is 0.631. The summed E-state index contributed by atoms with van der Waals surface area (Å²) in [5, 5.41) is 1.66. The lowest BCUT2D eigenvalue weighted by Crippen LogP contribution is -1.83. The SMILES string of the molecule is CC.CC.Cc1ccc2ccccc2c1F. The quantitative estimate of drug-likeness (QED) is 0.562. The van der Waals surface area contributed by atoms with Gasteiger partial charge in [0, 0.05) is 5.39 Å². The Morgan fingerprint density at radius 3 is 2.00 bits per heavy atom. The molecule has 0 heterocycles. The molecule has 0 aliphatic rings. The molecule has 0 radical (unpaired) electrons. The van der Waals surface area contributed by atoms with E-state index < -0.39 is 0 Å². The van der Waals surface area contributed by atoms with Crippen molar-refractivity contribution in [2.24, 2.45) is 0 Å². The van der Waals surface area contributed by atoms with Crippen molar-refractivity contribution in [3.05, 3.63) is 47.8 Å². The van der Waals surface area contributed by atoms with E-state index in [0.29, 0.717) is 10.9 Å². The summed E-state index contributed by atoms with van der Waals surface area (Å²) in [4.78, 5) is 0. The lowest BCUT2D eigenvalue weighted by atomic mass is 10.1. The van der Waals surface area contributed by atoms with E-state index in [0.717, 1.165) is 5.39 Å². The second-order valence-corrected chi connectivity index (χ2v) is 2.92. The molecule has 0 amide bonds. The molecule has 0 nitrogen and oxygen atoms in total. The number of fused-ring (bicyclic) bond motifs is 1. The van der Waals surface area contributed by atoms with E-state index in [1.807, 2.05) is 52.0 Å². The fourth-order valence-electron chi connectivity index (χ4n) is 1.34. The highest BCUT2D eigenvalue weighted by Crippen LogP contribution is 2.19. The third-order valence-corrected chi connectivity index (χ3v) is 2.06. The fraction of sp³-hybridized carbons (Fsp3) is 0.333. The smallest absolute Gasteiger partial charge is 0.133 e. The van der Waals surface area contributed by atoms with Crippen LogP contribution in [0.15, 0.2) is 36.4 Å². The minimum absolute atomic E-state index is 0.104. The molecule has 0 saturated heterocycles. The van der Waals surface area contributed by atoms with Gasteiger partial charge in [-0.25, -0.2) is 4.39 Å². The maximum Gasteiger partial charge on any atom is 0.133 e. The van der Waals surface area contributed by atoms with Crippen LogP contribution < -0.4 is 0 Å². The second-order valence-electron chi connectivity index (χ2n) is 2.92. The zero-order valence-electron chi connectivity index (χ0n) is 10.8. The molecule has 0 saturated carbocycles. The Morgan fingerprint density at radius 1 is 0.812 bits per heavy atom. The summed E-state index contributed by atoms with van der Waals surface area (Å²) < 4.78 is 13.4. The minimum atomic E-state index is -0.104. The average Bonchev–Trinajstić information content (AvgIpc) is 2.39. The van der Waals surface area contributed by atoms with Gasteiger partial charge in [-0.1, -0.05) is 64.1 Å². The average molecular weight is 220 g/mol. The summed E-state index contributed by atoms with van der Waals surface area (Å²) in [6.45, 7) is 9.78. The maximum absolute atomic E-state index is 13.4. The number of hydrogen-bond donors (Lipinski definition) is 0. The van der Waals surface area contributed by atoms with Gasteiger partial charge in [-0.15, -0.1) is 0 Å². The largest absolute Gasteiger partial charge is 0.206 e. The predicted octanol–water partition coefficient (Wildman–Crippen LogP) is 5.34. The van der Waals surface area contributed by atoms with Gasteiger partial charge in [0.1, 0.15) is 5.82 Å². The highest BCUT2D eigenvalue weighted by molar-refractivity contribution is 5.83. The number of rotatable bonds is 0. The summed E-state index contributed by atoms with van der Waals surface area (Å²) >= 11 is 0. The van der Waals surface area contributed by atoms with Crippen LogP contribution in [-0.4, -0.2) is 0 Å². The van der Waals surface area contributed by atoms with E-state index in [-0.39, 0.29) is 5.82 Å². The van der Waals surface area contributed by atoms with Crippen LogP contribution in [0.1, 0.15) is 33.3 Å². The van der Waals surface area contributed by atoms with Gasteiger partial charge in [0.2, 0.25) is 0 Å². The normalized spacial score (nSPS) is 8.62. The fourth-order valence-corrected chi connectivity index (χ4v) is 1.34. The summed E-state index contributed by atoms with van der Waals surface area (Å²) in [5.41, 5.74) is 0.703. The highest BCUT2D eigenvalue weighted by atomic mass is 19.1. The van der Waals surface area contributed by atoms with Crippen molar-refractivity contribution in [3.8, 4) is 0 Å². The predicted molar refractivity (Wildman–Crippen MR) is 71.3 cm³/mol. The summed E-state index contributed by atoms with van der Waals surface area (Å²) in [6.07, 6.45) is 0. The van der Waals surface area contributed by atoms with Gasteiger partial charge in [0.25, 0.3) is 0 Å². The van der Waals surface area contributed by atoms with Crippen molar-refractivity contribution in [3.63, 3.8) is 0 Å². The third-order valence-electron chi connectivity index (χ3n) is 2.06. The van der Waals surface area contributed by atoms with Crippen molar-refractivity contribution in [1.29, 1.82) is 0 Å². The standard InChI is InChI=1S/C11H9F.2C2H6/c1-8-6-7-9-4-2-3-5-10(9)11(8)12;2*1-2/h2-7H,1H3;2*1-2H3. The van der Waals surface area contributed by atoms with Crippen molar-refractivity contribution in [2.75, 3.05) is 0 Å². The molecule has 0 aliphatic heterocycles. The first-order chi connectivity index (χ1) is 7.79. The Labute approximate surface area is 98.1 Å². The minimum Gasteiger partial charge on any atom is -0.206 e. The molecule has 0 N–H and O–H groups in total. The molecule has 0 aliphatic carbocycles. The molecule has 0 aromatic heterocycles. The number of hydrogen-bond acceptors (Lipinski definition) is 0. The molecule has 88 valence electrons. The molecular weight excluding hydrogens is 199 g/mol. The van der Waals surface area contributed by atoms with Gasteiger partial charge >= 0.3 is 0 Å². The van der Waals surface area contributed by atoms with Crippen molar-refractivity contribution in [2.45, 2.75) is 34.6 Å². The second kappa shape index (κ2) is 7.86. The van der Waals surface area contributed by atoms with Crippen LogP contribution in [0.2, 0.25) is 0 Å². The maximum atomic E-state index is 13.4. The molecule has 0 fully saturated rings. The van der Waals surface area contributed by atoms with E-state index in [9.17, 15) is 4.39 Å². The van der Waals surface area contributed by atoms with Crippen molar-refractivity contribution in [1.82, 2.24) is 0 Å². The van der Waals surface area contributed by atoms with Gasteiger partial charge in [0.05, 0.1) is 0 Å². The molecule has 0 spiro atoms. The molecule has 16 heavy (non-hydrogen) atoms. The Balaban J connectivity index is 0.000000509. The summed E-state index contributed by atoms with van der Waals surface area (Å²) in [7, 11) is 0. The van der Waals surface area contributed by atoms with E-state index in [4.69, 9.17) is 0 Å². The summed E-state index contributed by atoms with van der Waals surface area (Å²) in [5.74, 6) is -0.104. The topological polar surface area (TPSA) is 0 Å². The lowest BCUT2D eigenvalue weighted by Gasteiger charge is -2.00. The molecule has 2 rings (SSSR count). The van der Waals surface area contributed by atoms with Crippen LogP contribution in [0.25, 0.3) is 10.8 Å². The van der Waals surface area contributed by atoms with Crippen LogP contribution in [0, 0.1) is 12.7 Å². The van der Waals surface area contributed by atoms with Gasteiger partial charge < -0.3 is 0 Å². The Hall–Kier alpha value is -1.37. The van der Waals surface area contributed by atoms with E-state index in [1.165, 1.54) is 0 Å². The number of halogens is 1. The van der Waals surface area contributed by atoms with E-state index >= 15 is 0 Å². The van der Waals surface area contributed by atoms with E-state index in [1.54, 1.807) is 19.1 Å². The van der Waals surface area contributed by atoms with Crippen LogP contribution in [0.5, 0.6) is 0 Å². The van der Waals surface area contributed by atoms with Gasteiger partial charge in [-0.2, -0.15) is 0 Å². The molecule has 1 heteroatoms. The van der Waals surface area contributed by atoms with Gasteiger partial charge in [-0.3, -0.25) is 0 Å². The van der Waals surface area contributed by atoms with E-state index in [2.05, 4.69) is 0 Å². The Kier molecular flexibility index (Phi) is 7.19. The molecule has 0 unspecified atom stereocenters. The molecule has 2 aromatic carbocycles. The zero-order chi connectivity index (χ0) is 12.6. The Morgan fingerprint density at radius 2 is 1.38 bits per heavy atom. The van der Waals surface area contributed by atoms with Crippen LogP contribution >= 0.6 is 0 Å². The van der Waals surface area contributed by atoms with Crippen LogP contribution in [-0.2, 0) is 0 Å². The van der Waals surface area contributed by atoms with Gasteiger partial charge in [-0.05, 0) is 17.9 Å². The first kappa shape index (κ1) is 14.6. The molecule has 0 bridgehead atoms. The highest BCUT2D eigenvalue weighted by Gasteiger charge is 2.01. The monoisotopic (exact) mass is 220 g/mol. The van der Waals surface area contributed by atoms with Gasteiger partial charge in [0.15, 0.2) is 0 Å². The van der Waals surface area contributed by atoms with Crippen molar-refractivity contribution < 1.29 is 4.39 Å². The number of benzene rings is 2. The Bertz CT molecular complexity index is 419. The van der Waals surface area contributed by atoms with Crippen molar-refractivity contribution >= 4 is 10.8 Å². The molecule has 2 aromatic rings. The van der Waals surface area contributed by atoms with Crippen LogP contribution in [0.3, 0.4) is 0 Å². The summed E-state index contributed by atoms with van der Waals surface area (Å²) in [6, 6.07) is 11.2. The number of aryl methyl sites for hydroxylation is 1.